The van der Waals surface area contributed by atoms with Gasteiger partial charge in [-0.3, -0.25) is 9.89 Å². The molecule has 0 amide bonds. The number of guanidine groups is 1. The average Bonchev–Trinajstić information content (AvgIpc) is 2.48. The van der Waals surface area contributed by atoms with Crippen molar-refractivity contribution in [2.45, 2.75) is 32.4 Å². The SMILES string of the molecule is CC(C)(C)NC(N)=NCC(c1ccccc1)N1CCOCC1. The van der Waals surface area contributed by atoms with Gasteiger partial charge in [0.25, 0.3) is 0 Å². The number of nitrogens with one attached hydrogen (secondary N) is 1. The normalized spacial score (nSPS) is 19.0. The van der Waals surface area contributed by atoms with Crippen molar-refractivity contribution in [1.82, 2.24) is 10.2 Å². The first-order valence-corrected chi connectivity index (χ1v) is 7.90. The molecule has 1 aliphatic rings. The van der Waals surface area contributed by atoms with Crippen molar-refractivity contribution in [3.63, 3.8) is 0 Å². The number of benzene rings is 1. The molecule has 1 atom stereocenters. The fourth-order valence-corrected chi connectivity index (χ4v) is 2.60. The number of rotatable bonds is 4. The Morgan fingerprint density at radius 2 is 1.91 bits per heavy atom. The first kappa shape index (κ1) is 16.8. The van der Waals surface area contributed by atoms with Crippen LogP contribution >= 0.6 is 0 Å². The van der Waals surface area contributed by atoms with Crippen molar-refractivity contribution in [3.05, 3.63) is 35.9 Å². The summed E-state index contributed by atoms with van der Waals surface area (Å²) in [6.45, 7) is 10.3. The van der Waals surface area contributed by atoms with E-state index in [-0.39, 0.29) is 11.6 Å². The molecule has 0 aliphatic carbocycles. The monoisotopic (exact) mass is 304 g/mol. The van der Waals surface area contributed by atoms with Crippen LogP contribution in [0.15, 0.2) is 35.3 Å². The van der Waals surface area contributed by atoms with Crippen molar-refractivity contribution >= 4 is 5.96 Å². The van der Waals surface area contributed by atoms with E-state index in [0.717, 1.165) is 26.3 Å². The van der Waals surface area contributed by atoms with Crippen LogP contribution in [0.1, 0.15) is 32.4 Å². The summed E-state index contributed by atoms with van der Waals surface area (Å²) >= 11 is 0. The number of ether oxygens (including phenoxy) is 1. The zero-order valence-electron chi connectivity index (χ0n) is 13.9. The van der Waals surface area contributed by atoms with E-state index in [9.17, 15) is 0 Å². The third-order valence-electron chi connectivity index (χ3n) is 3.61. The molecule has 122 valence electrons. The zero-order valence-corrected chi connectivity index (χ0v) is 13.9. The lowest BCUT2D eigenvalue weighted by molar-refractivity contribution is 0.0180. The zero-order chi connectivity index (χ0) is 16.0. The van der Waals surface area contributed by atoms with Crippen LogP contribution in [0.3, 0.4) is 0 Å². The van der Waals surface area contributed by atoms with Crippen molar-refractivity contribution < 1.29 is 4.74 Å². The molecule has 0 aromatic heterocycles. The maximum atomic E-state index is 6.01. The number of hydrogen-bond acceptors (Lipinski definition) is 3. The molecule has 5 nitrogen and oxygen atoms in total. The van der Waals surface area contributed by atoms with E-state index < -0.39 is 0 Å². The molecule has 5 heteroatoms. The Hall–Kier alpha value is -1.59. The molecule has 1 aromatic rings. The highest BCUT2D eigenvalue weighted by atomic mass is 16.5. The van der Waals surface area contributed by atoms with E-state index in [2.05, 4.69) is 60.2 Å². The van der Waals surface area contributed by atoms with E-state index in [1.807, 2.05) is 6.07 Å². The van der Waals surface area contributed by atoms with E-state index in [4.69, 9.17) is 10.5 Å². The first-order valence-electron chi connectivity index (χ1n) is 7.90. The molecule has 1 fully saturated rings. The van der Waals surface area contributed by atoms with Crippen molar-refractivity contribution in [3.8, 4) is 0 Å². The van der Waals surface area contributed by atoms with E-state index in [1.165, 1.54) is 5.56 Å². The topological polar surface area (TPSA) is 62.9 Å². The van der Waals surface area contributed by atoms with Crippen molar-refractivity contribution in [2.75, 3.05) is 32.8 Å². The molecule has 0 saturated carbocycles. The summed E-state index contributed by atoms with van der Waals surface area (Å²) in [5.74, 6) is 0.502. The highest BCUT2D eigenvalue weighted by molar-refractivity contribution is 5.78. The predicted octanol–water partition coefficient (Wildman–Crippen LogP) is 1.76. The second kappa shape index (κ2) is 7.61. The van der Waals surface area contributed by atoms with Gasteiger partial charge in [-0.1, -0.05) is 30.3 Å². The van der Waals surface area contributed by atoms with Gasteiger partial charge in [-0.15, -0.1) is 0 Å². The molecule has 1 unspecified atom stereocenters. The van der Waals surface area contributed by atoms with Gasteiger partial charge in [0.1, 0.15) is 0 Å². The Balaban J connectivity index is 2.09. The lowest BCUT2D eigenvalue weighted by Crippen LogP contribution is -2.45. The number of nitrogens with zero attached hydrogens (tertiary/aromatic N) is 2. The Morgan fingerprint density at radius 3 is 2.50 bits per heavy atom. The predicted molar refractivity (Wildman–Crippen MR) is 91.0 cm³/mol. The Bertz CT molecular complexity index is 475. The summed E-state index contributed by atoms with van der Waals surface area (Å²) in [6, 6.07) is 10.7. The molecule has 1 heterocycles. The van der Waals surface area contributed by atoms with Crippen LogP contribution in [0.4, 0.5) is 0 Å². The lowest BCUT2D eigenvalue weighted by atomic mass is 10.0. The molecule has 2 rings (SSSR count). The highest BCUT2D eigenvalue weighted by Gasteiger charge is 2.22. The van der Waals surface area contributed by atoms with Crippen molar-refractivity contribution in [2.24, 2.45) is 10.7 Å². The van der Waals surface area contributed by atoms with Gasteiger partial charge in [0.05, 0.1) is 25.8 Å². The fraction of sp³-hybridized carbons (Fsp3) is 0.588. The summed E-state index contributed by atoms with van der Waals surface area (Å²) in [7, 11) is 0. The van der Waals surface area contributed by atoms with Crippen LogP contribution < -0.4 is 11.1 Å². The first-order chi connectivity index (χ1) is 10.5. The molecule has 22 heavy (non-hydrogen) atoms. The third-order valence-corrected chi connectivity index (χ3v) is 3.61. The summed E-state index contributed by atoms with van der Waals surface area (Å²) in [4.78, 5) is 6.99. The van der Waals surface area contributed by atoms with Crippen LogP contribution in [-0.2, 0) is 4.74 Å². The van der Waals surface area contributed by atoms with E-state index in [1.54, 1.807) is 0 Å². The molecule has 0 spiro atoms. The molecular weight excluding hydrogens is 276 g/mol. The fourth-order valence-electron chi connectivity index (χ4n) is 2.60. The Kier molecular flexibility index (Phi) is 5.80. The average molecular weight is 304 g/mol. The maximum absolute atomic E-state index is 6.01. The number of nitrogens with two attached hydrogens (primary N) is 1. The summed E-state index contributed by atoms with van der Waals surface area (Å²) in [6.07, 6.45) is 0. The third kappa shape index (κ3) is 5.31. The minimum Gasteiger partial charge on any atom is -0.379 e. The molecular formula is C17H28N4O. The summed E-state index contributed by atoms with van der Waals surface area (Å²) in [5, 5.41) is 3.21. The number of morpholine rings is 1. The second-order valence-corrected chi connectivity index (χ2v) is 6.68. The lowest BCUT2D eigenvalue weighted by Gasteiger charge is -2.34. The minimum atomic E-state index is -0.0746. The van der Waals surface area contributed by atoms with Crippen molar-refractivity contribution in [1.29, 1.82) is 0 Å². The van der Waals surface area contributed by atoms with Gasteiger partial charge in [-0.05, 0) is 26.3 Å². The summed E-state index contributed by atoms with van der Waals surface area (Å²) in [5.41, 5.74) is 7.21. The molecule has 1 aliphatic heterocycles. The molecule has 3 N–H and O–H groups in total. The van der Waals surface area contributed by atoms with Crippen LogP contribution in [-0.4, -0.2) is 49.2 Å². The molecule has 1 saturated heterocycles. The van der Waals surface area contributed by atoms with Crippen LogP contribution in [0, 0.1) is 0 Å². The summed E-state index contributed by atoms with van der Waals surface area (Å²) < 4.78 is 5.46. The Labute approximate surface area is 133 Å². The van der Waals surface area contributed by atoms with Crippen LogP contribution in [0.2, 0.25) is 0 Å². The largest absolute Gasteiger partial charge is 0.379 e. The second-order valence-electron chi connectivity index (χ2n) is 6.68. The van der Waals surface area contributed by atoms with Gasteiger partial charge < -0.3 is 15.8 Å². The smallest absolute Gasteiger partial charge is 0.189 e. The van der Waals surface area contributed by atoms with Gasteiger partial charge in [0, 0.05) is 18.6 Å². The standard InChI is InChI=1S/C17H28N4O/c1-17(2,3)20-16(18)19-13-15(14-7-5-4-6-8-14)21-9-11-22-12-10-21/h4-8,15H,9-13H2,1-3H3,(H3,18,19,20). The van der Waals surface area contributed by atoms with Gasteiger partial charge in [0.2, 0.25) is 0 Å². The van der Waals surface area contributed by atoms with E-state index >= 15 is 0 Å². The van der Waals surface area contributed by atoms with Gasteiger partial charge in [-0.2, -0.15) is 0 Å². The van der Waals surface area contributed by atoms with Crippen LogP contribution in [0.5, 0.6) is 0 Å². The minimum absolute atomic E-state index is 0.0746. The highest BCUT2D eigenvalue weighted by Crippen LogP contribution is 2.22. The maximum Gasteiger partial charge on any atom is 0.189 e. The molecule has 1 aromatic carbocycles. The molecule has 0 radical (unpaired) electrons. The van der Waals surface area contributed by atoms with Gasteiger partial charge in [-0.25, -0.2) is 0 Å². The van der Waals surface area contributed by atoms with E-state index in [0.29, 0.717) is 12.5 Å². The Morgan fingerprint density at radius 1 is 1.27 bits per heavy atom. The quantitative estimate of drug-likeness (QED) is 0.657. The number of hydrogen-bond donors (Lipinski definition) is 2. The van der Waals surface area contributed by atoms with Gasteiger partial charge in [0.15, 0.2) is 5.96 Å². The van der Waals surface area contributed by atoms with Crippen LogP contribution in [0.25, 0.3) is 0 Å². The number of aliphatic imine (C=N–C) groups is 1. The van der Waals surface area contributed by atoms with Gasteiger partial charge >= 0.3 is 0 Å². The molecule has 0 bridgehead atoms.